The van der Waals surface area contributed by atoms with Gasteiger partial charge in [-0.1, -0.05) is 12.5 Å². The fourth-order valence-corrected chi connectivity index (χ4v) is 4.54. The first-order chi connectivity index (χ1) is 9.36. The number of fused-ring (bicyclic) bond motifs is 1. The van der Waals surface area contributed by atoms with Crippen molar-refractivity contribution in [3.63, 3.8) is 0 Å². The second kappa shape index (κ2) is 4.82. The number of allylic oxidation sites excluding steroid dienone is 1. The van der Waals surface area contributed by atoms with Crippen molar-refractivity contribution in [2.75, 3.05) is 13.2 Å². The molecule has 3 aliphatic rings. The number of ether oxygens (including phenoxy) is 2. The third-order valence-corrected chi connectivity index (χ3v) is 6.00. The standard InChI is InChI=1S/C17H28O3/c1-11(2)12-9-14-13(16(14,3)10-15(12)18)5-6-17(4)19-7-8-20-17/h13-15,18H,5-10H2,1-4H3/t13-,14-,15-,16+/m1/s1. The molecule has 0 aromatic heterocycles. The van der Waals surface area contributed by atoms with E-state index in [2.05, 4.69) is 27.7 Å². The van der Waals surface area contributed by atoms with Gasteiger partial charge in [-0.25, -0.2) is 0 Å². The molecule has 0 bridgehead atoms. The van der Waals surface area contributed by atoms with Gasteiger partial charge in [-0.2, -0.15) is 0 Å². The molecule has 0 amide bonds. The van der Waals surface area contributed by atoms with E-state index in [9.17, 15) is 5.11 Å². The predicted octanol–water partition coefficient (Wildman–Crippen LogP) is 3.27. The molecule has 20 heavy (non-hydrogen) atoms. The summed E-state index contributed by atoms with van der Waals surface area (Å²) in [5, 5.41) is 10.3. The van der Waals surface area contributed by atoms with Crippen molar-refractivity contribution < 1.29 is 14.6 Å². The topological polar surface area (TPSA) is 38.7 Å². The van der Waals surface area contributed by atoms with Crippen LogP contribution in [-0.4, -0.2) is 30.2 Å². The van der Waals surface area contributed by atoms with Gasteiger partial charge < -0.3 is 14.6 Å². The molecule has 1 saturated heterocycles. The average molecular weight is 280 g/mol. The molecule has 2 aliphatic carbocycles. The van der Waals surface area contributed by atoms with Crippen molar-refractivity contribution in [2.45, 2.75) is 65.3 Å². The lowest BCUT2D eigenvalue weighted by molar-refractivity contribution is -0.148. The first kappa shape index (κ1) is 14.6. The molecule has 1 aliphatic heterocycles. The molecular weight excluding hydrogens is 252 g/mol. The summed E-state index contributed by atoms with van der Waals surface area (Å²) in [5.74, 6) is 1.11. The maximum Gasteiger partial charge on any atom is 0.165 e. The third kappa shape index (κ3) is 2.34. The van der Waals surface area contributed by atoms with Gasteiger partial charge in [0.1, 0.15) is 0 Å². The minimum Gasteiger partial charge on any atom is -0.389 e. The van der Waals surface area contributed by atoms with E-state index in [1.165, 1.54) is 11.1 Å². The van der Waals surface area contributed by atoms with E-state index in [0.29, 0.717) is 5.41 Å². The molecule has 4 atom stereocenters. The molecule has 0 radical (unpaired) electrons. The maximum atomic E-state index is 10.3. The molecule has 1 N–H and O–H groups in total. The highest BCUT2D eigenvalue weighted by molar-refractivity contribution is 5.27. The van der Waals surface area contributed by atoms with Crippen molar-refractivity contribution in [3.05, 3.63) is 11.1 Å². The van der Waals surface area contributed by atoms with Gasteiger partial charge in [0.2, 0.25) is 0 Å². The van der Waals surface area contributed by atoms with Crippen molar-refractivity contribution >= 4 is 0 Å². The van der Waals surface area contributed by atoms with Gasteiger partial charge in [-0.05, 0) is 62.9 Å². The van der Waals surface area contributed by atoms with Crippen LogP contribution >= 0.6 is 0 Å². The van der Waals surface area contributed by atoms with Crippen LogP contribution in [0.2, 0.25) is 0 Å². The zero-order valence-electron chi connectivity index (χ0n) is 13.2. The van der Waals surface area contributed by atoms with Gasteiger partial charge in [0.25, 0.3) is 0 Å². The second-order valence-electron chi connectivity index (χ2n) is 7.54. The Labute approximate surface area is 122 Å². The quantitative estimate of drug-likeness (QED) is 0.806. The largest absolute Gasteiger partial charge is 0.389 e. The van der Waals surface area contributed by atoms with Crippen molar-refractivity contribution in [1.29, 1.82) is 0 Å². The fraction of sp³-hybridized carbons (Fsp3) is 0.882. The summed E-state index contributed by atoms with van der Waals surface area (Å²) in [6.07, 6.45) is 3.93. The molecule has 3 nitrogen and oxygen atoms in total. The number of hydrogen-bond donors (Lipinski definition) is 1. The van der Waals surface area contributed by atoms with E-state index in [0.717, 1.165) is 50.7 Å². The molecule has 2 saturated carbocycles. The van der Waals surface area contributed by atoms with Crippen LogP contribution < -0.4 is 0 Å². The third-order valence-electron chi connectivity index (χ3n) is 6.00. The normalized spacial score (nSPS) is 42.5. The molecule has 0 unspecified atom stereocenters. The summed E-state index contributed by atoms with van der Waals surface area (Å²) >= 11 is 0. The van der Waals surface area contributed by atoms with Crippen molar-refractivity contribution in [2.24, 2.45) is 17.3 Å². The van der Waals surface area contributed by atoms with Gasteiger partial charge >= 0.3 is 0 Å². The molecule has 3 fully saturated rings. The SMILES string of the molecule is CC(C)=C1C[C@@H]2[C@@H](CCC3(C)OCCO3)[C@]2(C)C[C@H]1O. The van der Waals surface area contributed by atoms with Crippen LogP contribution in [0.1, 0.15) is 53.4 Å². The lowest BCUT2D eigenvalue weighted by Gasteiger charge is -2.27. The Morgan fingerprint density at radius 3 is 2.50 bits per heavy atom. The molecule has 0 spiro atoms. The van der Waals surface area contributed by atoms with Gasteiger partial charge in [0.15, 0.2) is 5.79 Å². The van der Waals surface area contributed by atoms with Crippen molar-refractivity contribution in [1.82, 2.24) is 0 Å². The van der Waals surface area contributed by atoms with E-state index in [-0.39, 0.29) is 11.9 Å². The molecule has 0 aromatic carbocycles. The van der Waals surface area contributed by atoms with E-state index >= 15 is 0 Å². The summed E-state index contributed by atoms with van der Waals surface area (Å²) in [6.45, 7) is 10.1. The Balaban J connectivity index is 1.62. The molecule has 1 heterocycles. The highest BCUT2D eigenvalue weighted by Crippen LogP contribution is 2.69. The summed E-state index contributed by atoms with van der Waals surface area (Å²) in [6, 6.07) is 0. The predicted molar refractivity (Wildman–Crippen MR) is 78.2 cm³/mol. The summed E-state index contributed by atoms with van der Waals surface area (Å²) in [5.41, 5.74) is 2.93. The number of aliphatic hydroxyl groups excluding tert-OH is 1. The molecule has 0 aromatic rings. The maximum absolute atomic E-state index is 10.3. The molecular formula is C17H28O3. The minimum absolute atomic E-state index is 0.221. The number of rotatable bonds is 3. The van der Waals surface area contributed by atoms with E-state index < -0.39 is 0 Å². The van der Waals surface area contributed by atoms with Gasteiger partial charge in [0, 0.05) is 6.42 Å². The van der Waals surface area contributed by atoms with Crippen LogP contribution in [0.15, 0.2) is 11.1 Å². The van der Waals surface area contributed by atoms with E-state index in [4.69, 9.17) is 9.47 Å². The Bertz CT molecular complexity index is 418. The average Bonchev–Trinajstić information content (AvgIpc) is 2.69. The Kier molecular flexibility index (Phi) is 3.51. The van der Waals surface area contributed by atoms with Crippen LogP contribution in [0.3, 0.4) is 0 Å². The van der Waals surface area contributed by atoms with Crippen LogP contribution in [0.25, 0.3) is 0 Å². The van der Waals surface area contributed by atoms with Gasteiger partial charge in [-0.3, -0.25) is 0 Å². The van der Waals surface area contributed by atoms with Crippen molar-refractivity contribution in [3.8, 4) is 0 Å². The van der Waals surface area contributed by atoms with Crippen LogP contribution in [0, 0.1) is 17.3 Å². The van der Waals surface area contributed by atoms with Crippen LogP contribution in [0.5, 0.6) is 0 Å². The summed E-state index contributed by atoms with van der Waals surface area (Å²) in [4.78, 5) is 0. The number of aliphatic hydroxyl groups is 1. The van der Waals surface area contributed by atoms with Crippen LogP contribution in [-0.2, 0) is 9.47 Å². The highest BCUT2D eigenvalue weighted by atomic mass is 16.7. The Morgan fingerprint density at radius 2 is 1.90 bits per heavy atom. The fourth-order valence-electron chi connectivity index (χ4n) is 4.54. The van der Waals surface area contributed by atoms with Crippen LogP contribution in [0.4, 0.5) is 0 Å². The monoisotopic (exact) mass is 280 g/mol. The number of hydrogen-bond acceptors (Lipinski definition) is 3. The molecule has 3 rings (SSSR count). The zero-order chi connectivity index (χ0) is 14.5. The van der Waals surface area contributed by atoms with Gasteiger partial charge in [0.05, 0.1) is 19.3 Å². The first-order valence-corrected chi connectivity index (χ1v) is 7.98. The highest BCUT2D eigenvalue weighted by Gasteiger charge is 2.63. The smallest absolute Gasteiger partial charge is 0.165 e. The van der Waals surface area contributed by atoms with Gasteiger partial charge in [-0.15, -0.1) is 0 Å². The molecule has 3 heteroatoms. The first-order valence-electron chi connectivity index (χ1n) is 7.98. The minimum atomic E-state index is -0.361. The van der Waals surface area contributed by atoms with E-state index in [1.807, 2.05) is 0 Å². The zero-order valence-corrected chi connectivity index (χ0v) is 13.2. The lowest BCUT2D eigenvalue weighted by atomic mass is 9.82. The van der Waals surface area contributed by atoms with E-state index in [1.54, 1.807) is 0 Å². The Morgan fingerprint density at radius 1 is 1.25 bits per heavy atom. The Hall–Kier alpha value is -0.380. The molecule has 114 valence electrons. The summed E-state index contributed by atoms with van der Waals surface area (Å²) < 4.78 is 11.4. The lowest BCUT2D eigenvalue weighted by Crippen LogP contribution is -2.25. The summed E-state index contributed by atoms with van der Waals surface area (Å²) in [7, 11) is 0. The second-order valence-corrected chi connectivity index (χ2v) is 7.54.